The number of carbonyl (C=O) groups excluding carboxylic acids is 2. The molecule has 0 aliphatic carbocycles. The summed E-state index contributed by atoms with van der Waals surface area (Å²) in [5.74, 6) is -0.931. The van der Waals surface area contributed by atoms with E-state index in [0.717, 1.165) is 5.69 Å². The number of anilines is 1. The number of hydrogen-bond acceptors (Lipinski definition) is 6. The number of carbonyl (C=O) groups is 2. The van der Waals surface area contributed by atoms with Gasteiger partial charge in [0.2, 0.25) is 0 Å². The predicted octanol–water partition coefficient (Wildman–Crippen LogP) is 0.555. The van der Waals surface area contributed by atoms with E-state index < -0.39 is 28.3 Å². The summed E-state index contributed by atoms with van der Waals surface area (Å²) >= 11 is 0. The van der Waals surface area contributed by atoms with Crippen LogP contribution in [0.2, 0.25) is 0 Å². The number of amides is 1. The lowest BCUT2D eigenvalue weighted by Crippen LogP contribution is -2.40. The molecule has 1 aromatic carbocycles. The first-order chi connectivity index (χ1) is 11.2. The van der Waals surface area contributed by atoms with Crippen LogP contribution in [0.1, 0.15) is 16.8 Å². The Balaban J connectivity index is 1.88. The average Bonchev–Trinajstić information content (AvgIpc) is 2.91. The van der Waals surface area contributed by atoms with Crippen LogP contribution in [-0.4, -0.2) is 70.5 Å². The van der Waals surface area contributed by atoms with Gasteiger partial charge in [0.05, 0.1) is 17.1 Å². The molecule has 0 spiro atoms. The molecule has 1 saturated heterocycles. The first kappa shape index (κ1) is 18.3. The Labute approximate surface area is 142 Å². The maximum atomic E-state index is 12.1. The lowest BCUT2D eigenvalue weighted by Gasteiger charge is -2.23. The number of benzene rings is 1. The molecule has 0 aromatic heterocycles. The fourth-order valence-corrected chi connectivity index (χ4v) is 4.27. The number of nitrogens with zero attached hydrogens (tertiary/aromatic N) is 2. The molecule has 132 valence electrons. The van der Waals surface area contributed by atoms with Crippen molar-refractivity contribution < 1.29 is 22.7 Å². The molecule has 1 fully saturated rings. The molecule has 0 unspecified atom stereocenters. The van der Waals surface area contributed by atoms with Gasteiger partial charge in [-0.3, -0.25) is 4.79 Å². The van der Waals surface area contributed by atoms with Crippen LogP contribution in [0.5, 0.6) is 0 Å². The molecule has 2 rings (SSSR count). The Morgan fingerprint density at radius 2 is 1.79 bits per heavy atom. The molecule has 24 heavy (non-hydrogen) atoms. The summed E-state index contributed by atoms with van der Waals surface area (Å²) in [7, 11) is 2.26. The maximum Gasteiger partial charge on any atom is 0.338 e. The SMILES string of the molecule is CN(C)c1ccc(C(=O)OCC(=O)N(C)[C@H]2CCS(=O)(=O)C2)cc1. The summed E-state index contributed by atoms with van der Waals surface area (Å²) in [6, 6.07) is 6.49. The Morgan fingerprint density at radius 1 is 1.17 bits per heavy atom. The van der Waals surface area contributed by atoms with Gasteiger partial charge in [0.1, 0.15) is 0 Å². The molecule has 0 saturated carbocycles. The molecule has 7 nitrogen and oxygen atoms in total. The highest BCUT2D eigenvalue weighted by Crippen LogP contribution is 2.17. The average molecular weight is 354 g/mol. The third-order valence-electron chi connectivity index (χ3n) is 4.10. The molecule has 1 atom stereocenters. The van der Waals surface area contributed by atoms with Crippen molar-refractivity contribution >= 4 is 27.4 Å². The van der Waals surface area contributed by atoms with Crippen LogP contribution < -0.4 is 4.90 Å². The van der Waals surface area contributed by atoms with Crippen molar-refractivity contribution in [2.24, 2.45) is 0 Å². The zero-order valence-corrected chi connectivity index (χ0v) is 14.9. The second-order valence-electron chi connectivity index (χ2n) is 6.08. The van der Waals surface area contributed by atoms with Crippen LogP contribution in [0.15, 0.2) is 24.3 Å². The summed E-state index contributed by atoms with van der Waals surface area (Å²) in [5, 5.41) is 0. The van der Waals surface area contributed by atoms with E-state index in [-0.39, 0.29) is 17.5 Å². The van der Waals surface area contributed by atoms with Gasteiger partial charge in [-0.05, 0) is 30.7 Å². The van der Waals surface area contributed by atoms with Crippen molar-refractivity contribution in [3.05, 3.63) is 29.8 Å². The summed E-state index contributed by atoms with van der Waals surface area (Å²) in [4.78, 5) is 27.3. The molecule has 1 aromatic rings. The van der Waals surface area contributed by atoms with E-state index in [1.165, 1.54) is 11.9 Å². The second kappa shape index (κ2) is 7.21. The molecule has 1 heterocycles. The maximum absolute atomic E-state index is 12.1. The second-order valence-corrected chi connectivity index (χ2v) is 8.31. The van der Waals surface area contributed by atoms with Gasteiger partial charge in [-0.25, -0.2) is 13.2 Å². The van der Waals surface area contributed by atoms with E-state index in [9.17, 15) is 18.0 Å². The number of rotatable bonds is 5. The minimum absolute atomic E-state index is 0.0326. The van der Waals surface area contributed by atoms with Crippen LogP contribution in [0.25, 0.3) is 0 Å². The van der Waals surface area contributed by atoms with Crippen molar-refractivity contribution in [2.45, 2.75) is 12.5 Å². The summed E-state index contributed by atoms with van der Waals surface area (Å²) in [6.07, 6.45) is 0.421. The van der Waals surface area contributed by atoms with Crippen LogP contribution in [0, 0.1) is 0 Å². The van der Waals surface area contributed by atoms with Gasteiger partial charge in [-0.2, -0.15) is 0 Å². The third kappa shape index (κ3) is 4.47. The van der Waals surface area contributed by atoms with Crippen LogP contribution in [-0.2, 0) is 19.4 Å². The summed E-state index contributed by atoms with van der Waals surface area (Å²) < 4.78 is 28.0. The number of hydrogen-bond donors (Lipinski definition) is 0. The van der Waals surface area contributed by atoms with Crippen molar-refractivity contribution in [1.82, 2.24) is 4.90 Å². The zero-order chi connectivity index (χ0) is 17.9. The molecule has 1 aliphatic heterocycles. The Hall–Kier alpha value is -2.09. The number of likely N-dealkylation sites (N-methyl/N-ethyl adjacent to an activating group) is 1. The van der Waals surface area contributed by atoms with Gasteiger partial charge < -0.3 is 14.5 Å². The van der Waals surface area contributed by atoms with E-state index in [1.54, 1.807) is 24.3 Å². The fourth-order valence-electron chi connectivity index (χ4n) is 2.49. The quantitative estimate of drug-likeness (QED) is 0.718. The number of sulfone groups is 1. The fraction of sp³-hybridized carbons (Fsp3) is 0.500. The van der Waals surface area contributed by atoms with Gasteiger partial charge >= 0.3 is 5.97 Å². The van der Waals surface area contributed by atoms with Crippen LogP contribution >= 0.6 is 0 Å². The lowest BCUT2D eigenvalue weighted by molar-refractivity contribution is -0.134. The van der Waals surface area contributed by atoms with E-state index in [2.05, 4.69) is 0 Å². The molecular formula is C16H22N2O5S. The van der Waals surface area contributed by atoms with Crippen molar-refractivity contribution in [2.75, 3.05) is 44.2 Å². The highest BCUT2D eigenvalue weighted by molar-refractivity contribution is 7.91. The Bertz CT molecular complexity index is 712. The molecule has 0 radical (unpaired) electrons. The summed E-state index contributed by atoms with van der Waals surface area (Å²) in [6.45, 7) is -0.401. The van der Waals surface area contributed by atoms with Crippen molar-refractivity contribution in [3.8, 4) is 0 Å². The van der Waals surface area contributed by atoms with Gasteiger partial charge in [-0.15, -0.1) is 0 Å². The van der Waals surface area contributed by atoms with Gasteiger partial charge in [-0.1, -0.05) is 0 Å². The van der Waals surface area contributed by atoms with Crippen LogP contribution in [0.4, 0.5) is 5.69 Å². The highest BCUT2D eigenvalue weighted by atomic mass is 32.2. The minimum atomic E-state index is -3.07. The zero-order valence-electron chi connectivity index (χ0n) is 14.1. The monoisotopic (exact) mass is 354 g/mol. The third-order valence-corrected chi connectivity index (χ3v) is 5.85. The molecule has 1 aliphatic rings. The lowest BCUT2D eigenvalue weighted by atomic mass is 10.2. The molecule has 0 bridgehead atoms. The Morgan fingerprint density at radius 3 is 2.29 bits per heavy atom. The number of ether oxygens (including phenoxy) is 1. The van der Waals surface area contributed by atoms with Crippen molar-refractivity contribution in [3.63, 3.8) is 0 Å². The largest absolute Gasteiger partial charge is 0.452 e. The van der Waals surface area contributed by atoms with Crippen molar-refractivity contribution in [1.29, 1.82) is 0 Å². The molecule has 0 N–H and O–H groups in total. The van der Waals surface area contributed by atoms with Gasteiger partial charge in [0, 0.05) is 32.9 Å². The van der Waals surface area contributed by atoms with Gasteiger partial charge in [0.15, 0.2) is 16.4 Å². The first-order valence-electron chi connectivity index (χ1n) is 7.60. The Kier molecular flexibility index (Phi) is 5.48. The standard InChI is InChI=1S/C16H22N2O5S/c1-17(2)13-6-4-12(5-7-13)16(20)23-10-15(19)18(3)14-8-9-24(21,22)11-14/h4-7,14H,8-11H2,1-3H3/t14-/m0/s1. The first-order valence-corrected chi connectivity index (χ1v) is 9.42. The van der Waals surface area contributed by atoms with E-state index >= 15 is 0 Å². The molecule has 8 heteroatoms. The predicted molar refractivity (Wildman–Crippen MR) is 90.9 cm³/mol. The van der Waals surface area contributed by atoms with Gasteiger partial charge in [0.25, 0.3) is 5.91 Å². The van der Waals surface area contributed by atoms with E-state index in [1.807, 2.05) is 19.0 Å². The molecular weight excluding hydrogens is 332 g/mol. The van der Waals surface area contributed by atoms with Crippen LogP contribution in [0.3, 0.4) is 0 Å². The summed E-state index contributed by atoms with van der Waals surface area (Å²) in [5.41, 5.74) is 1.31. The minimum Gasteiger partial charge on any atom is -0.452 e. The molecule has 1 amide bonds. The normalized spacial score (nSPS) is 18.9. The smallest absolute Gasteiger partial charge is 0.338 e. The topological polar surface area (TPSA) is 84.0 Å². The number of esters is 1. The van der Waals surface area contributed by atoms with E-state index in [0.29, 0.717) is 12.0 Å². The highest BCUT2D eigenvalue weighted by Gasteiger charge is 2.32. The van der Waals surface area contributed by atoms with E-state index in [4.69, 9.17) is 4.74 Å².